The predicted octanol–water partition coefficient (Wildman–Crippen LogP) is 1.67. The summed E-state index contributed by atoms with van der Waals surface area (Å²) in [6, 6.07) is 3.86. The molecular weight excluding hydrogens is 176 g/mol. The summed E-state index contributed by atoms with van der Waals surface area (Å²) >= 11 is 0. The van der Waals surface area contributed by atoms with Crippen LogP contribution in [0.1, 0.15) is 26.0 Å². The number of methoxy groups -OCH3 is 1. The van der Waals surface area contributed by atoms with Crippen LogP contribution >= 0.6 is 0 Å². The summed E-state index contributed by atoms with van der Waals surface area (Å²) in [6.07, 6.45) is 2.72. The van der Waals surface area contributed by atoms with E-state index >= 15 is 0 Å². The van der Waals surface area contributed by atoms with E-state index in [4.69, 9.17) is 10.5 Å². The lowest BCUT2D eigenvalue weighted by Gasteiger charge is -2.14. The monoisotopic (exact) mass is 192 g/mol. The minimum atomic E-state index is -0.237. The zero-order chi connectivity index (χ0) is 10.4. The lowest BCUT2D eigenvalue weighted by atomic mass is 10.0. The number of pyridine rings is 1. The number of rotatable bonds is 2. The van der Waals surface area contributed by atoms with E-state index in [1.54, 1.807) is 13.3 Å². The molecule has 1 aliphatic rings. The van der Waals surface area contributed by atoms with Crippen molar-refractivity contribution in [2.24, 2.45) is 11.1 Å². The first-order chi connectivity index (χ1) is 6.49. The van der Waals surface area contributed by atoms with Crippen LogP contribution in [0.2, 0.25) is 0 Å². The fourth-order valence-electron chi connectivity index (χ4n) is 1.86. The van der Waals surface area contributed by atoms with E-state index in [9.17, 15) is 0 Å². The second-order valence-electron chi connectivity index (χ2n) is 4.62. The van der Waals surface area contributed by atoms with E-state index in [2.05, 4.69) is 18.8 Å². The molecule has 1 heterocycles. The summed E-state index contributed by atoms with van der Waals surface area (Å²) in [5.41, 5.74) is 7.13. The zero-order valence-corrected chi connectivity index (χ0v) is 8.87. The second-order valence-corrected chi connectivity index (χ2v) is 4.62. The van der Waals surface area contributed by atoms with E-state index in [0.29, 0.717) is 0 Å². The van der Waals surface area contributed by atoms with Crippen LogP contribution in [0.4, 0.5) is 0 Å². The van der Waals surface area contributed by atoms with Crippen LogP contribution in [-0.4, -0.2) is 12.1 Å². The molecule has 1 saturated carbocycles. The van der Waals surface area contributed by atoms with E-state index in [-0.39, 0.29) is 11.0 Å². The molecular formula is C11H16N2O. The number of nitrogens with zero attached hydrogens (tertiary/aromatic N) is 1. The Balaban J connectivity index is 2.27. The van der Waals surface area contributed by atoms with Crippen LogP contribution < -0.4 is 10.5 Å². The number of hydrogen-bond donors (Lipinski definition) is 1. The van der Waals surface area contributed by atoms with Crippen LogP contribution in [0, 0.1) is 5.41 Å². The maximum Gasteiger partial charge on any atom is 0.137 e. The summed E-state index contributed by atoms with van der Waals surface area (Å²) < 4.78 is 5.05. The third-order valence-corrected chi connectivity index (χ3v) is 3.23. The fraction of sp³-hybridized carbons (Fsp3) is 0.545. The lowest BCUT2D eigenvalue weighted by molar-refractivity contribution is 0.411. The molecule has 3 nitrogen and oxygen atoms in total. The van der Waals surface area contributed by atoms with Crippen molar-refractivity contribution in [2.45, 2.75) is 25.8 Å². The topological polar surface area (TPSA) is 48.1 Å². The van der Waals surface area contributed by atoms with Crippen LogP contribution in [0.3, 0.4) is 0 Å². The molecule has 0 aliphatic heterocycles. The third kappa shape index (κ3) is 1.20. The van der Waals surface area contributed by atoms with Gasteiger partial charge in [-0.25, -0.2) is 0 Å². The normalized spacial score (nSPS) is 28.6. The molecule has 1 atom stereocenters. The van der Waals surface area contributed by atoms with E-state index in [1.807, 2.05) is 12.1 Å². The first kappa shape index (κ1) is 9.46. The Hall–Kier alpha value is -1.09. The molecule has 0 bridgehead atoms. The zero-order valence-electron chi connectivity index (χ0n) is 8.87. The Morgan fingerprint density at radius 1 is 1.43 bits per heavy atom. The quantitative estimate of drug-likeness (QED) is 0.775. The first-order valence-corrected chi connectivity index (χ1v) is 4.79. The number of nitrogens with two attached hydrogens (primary N) is 1. The molecule has 0 aromatic carbocycles. The third-order valence-electron chi connectivity index (χ3n) is 3.23. The van der Waals surface area contributed by atoms with Crippen LogP contribution in [0.5, 0.6) is 5.75 Å². The van der Waals surface area contributed by atoms with E-state index < -0.39 is 0 Å². The van der Waals surface area contributed by atoms with Gasteiger partial charge in [-0.1, -0.05) is 13.8 Å². The minimum absolute atomic E-state index is 0.175. The summed E-state index contributed by atoms with van der Waals surface area (Å²) in [6.45, 7) is 4.33. The highest BCUT2D eigenvalue weighted by Gasteiger charge is 2.60. The predicted molar refractivity (Wildman–Crippen MR) is 55.1 cm³/mol. The first-order valence-electron chi connectivity index (χ1n) is 4.79. The van der Waals surface area contributed by atoms with Crippen LogP contribution in [0.25, 0.3) is 0 Å². The molecule has 1 fully saturated rings. The fourth-order valence-corrected chi connectivity index (χ4v) is 1.86. The van der Waals surface area contributed by atoms with Gasteiger partial charge in [-0.15, -0.1) is 0 Å². The summed E-state index contributed by atoms with van der Waals surface area (Å²) in [5.74, 6) is 0.774. The highest BCUT2D eigenvalue weighted by atomic mass is 16.5. The highest BCUT2D eigenvalue weighted by Crippen LogP contribution is 2.59. The van der Waals surface area contributed by atoms with Crippen molar-refractivity contribution in [2.75, 3.05) is 7.11 Å². The average Bonchev–Trinajstić information content (AvgIpc) is 2.68. The van der Waals surface area contributed by atoms with Gasteiger partial charge in [0, 0.05) is 0 Å². The van der Waals surface area contributed by atoms with Crippen molar-refractivity contribution < 1.29 is 4.74 Å². The van der Waals surface area contributed by atoms with Gasteiger partial charge < -0.3 is 10.5 Å². The molecule has 3 heteroatoms. The van der Waals surface area contributed by atoms with Crippen molar-refractivity contribution in [1.29, 1.82) is 0 Å². The number of ether oxygens (including phenoxy) is 1. The van der Waals surface area contributed by atoms with Gasteiger partial charge >= 0.3 is 0 Å². The molecule has 2 rings (SSSR count). The minimum Gasteiger partial charge on any atom is -0.495 e. The molecule has 1 aromatic heterocycles. The highest BCUT2D eigenvalue weighted by molar-refractivity contribution is 5.32. The number of hydrogen-bond acceptors (Lipinski definition) is 3. The molecule has 76 valence electrons. The molecule has 1 aliphatic carbocycles. The summed E-state index contributed by atoms with van der Waals surface area (Å²) in [5, 5.41) is 0. The van der Waals surface area contributed by atoms with Gasteiger partial charge in [0.25, 0.3) is 0 Å². The van der Waals surface area contributed by atoms with Gasteiger partial charge in [-0.05, 0) is 24.0 Å². The van der Waals surface area contributed by atoms with Gasteiger partial charge in [0.05, 0.1) is 24.5 Å². The number of aromatic nitrogens is 1. The van der Waals surface area contributed by atoms with Gasteiger partial charge in [-0.2, -0.15) is 0 Å². The van der Waals surface area contributed by atoms with Crippen molar-refractivity contribution in [3.63, 3.8) is 0 Å². The maximum absolute atomic E-state index is 6.23. The van der Waals surface area contributed by atoms with E-state index in [0.717, 1.165) is 17.9 Å². The van der Waals surface area contributed by atoms with Gasteiger partial charge in [0.15, 0.2) is 0 Å². The molecule has 0 spiro atoms. The summed E-state index contributed by atoms with van der Waals surface area (Å²) in [7, 11) is 1.63. The largest absolute Gasteiger partial charge is 0.495 e. The van der Waals surface area contributed by atoms with Crippen LogP contribution in [-0.2, 0) is 5.54 Å². The van der Waals surface area contributed by atoms with E-state index in [1.165, 1.54) is 0 Å². The Labute approximate surface area is 84.3 Å². The van der Waals surface area contributed by atoms with Crippen molar-refractivity contribution >= 4 is 0 Å². The smallest absolute Gasteiger partial charge is 0.137 e. The van der Waals surface area contributed by atoms with Crippen molar-refractivity contribution in [3.05, 3.63) is 24.0 Å². The maximum atomic E-state index is 6.23. The Bertz CT molecular complexity index is 345. The van der Waals surface area contributed by atoms with Crippen LogP contribution in [0.15, 0.2) is 18.3 Å². The molecule has 0 radical (unpaired) electrons. The average molecular weight is 192 g/mol. The van der Waals surface area contributed by atoms with Crippen molar-refractivity contribution in [3.8, 4) is 5.75 Å². The van der Waals surface area contributed by atoms with Gasteiger partial charge in [-0.3, -0.25) is 4.98 Å². The molecule has 14 heavy (non-hydrogen) atoms. The molecule has 0 saturated heterocycles. The Morgan fingerprint density at radius 3 is 2.43 bits per heavy atom. The molecule has 2 N–H and O–H groups in total. The Morgan fingerprint density at radius 2 is 2.07 bits per heavy atom. The summed E-state index contributed by atoms with van der Waals surface area (Å²) in [4.78, 5) is 4.33. The van der Waals surface area contributed by atoms with Gasteiger partial charge in [0.2, 0.25) is 0 Å². The molecule has 1 aromatic rings. The lowest BCUT2D eigenvalue weighted by Crippen LogP contribution is -2.26. The second kappa shape index (κ2) is 2.70. The SMILES string of the molecule is COc1ccc(C2(N)CC2(C)C)nc1. The van der Waals surface area contributed by atoms with Gasteiger partial charge in [0.1, 0.15) is 5.75 Å². The standard InChI is InChI=1S/C11H16N2O/c1-10(2)7-11(10,12)9-5-4-8(14-3)6-13-9/h4-6H,7,12H2,1-3H3. The van der Waals surface area contributed by atoms with Crippen molar-refractivity contribution in [1.82, 2.24) is 4.98 Å². The Kier molecular flexibility index (Phi) is 1.83. The molecule has 1 unspecified atom stereocenters. The molecule has 0 amide bonds.